The Morgan fingerprint density at radius 2 is 1.92 bits per heavy atom. The Hall–Kier alpha value is -1.81. The Balaban J connectivity index is 1.43. The maximum atomic E-state index is 12.3. The lowest BCUT2D eigenvalue weighted by atomic mass is 10.0. The fourth-order valence-electron chi connectivity index (χ4n) is 4.14. The smallest absolute Gasteiger partial charge is 0.244 e. The van der Waals surface area contributed by atoms with Gasteiger partial charge < -0.3 is 15.0 Å². The number of nitrogens with one attached hydrogen (secondary N) is 1. The zero-order valence-electron chi connectivity index (χ0n) is 16.0. The number of ether oxygens (including phenoxy) is 1. The molecular weight excluding hydrogens is 324 g/mol. The van der Waals surface area contributed by atoms with Gasteiger partial charge in [0.25, 0.3) is 0 Å². The monoisotopic (exact) mass is 356 g/mol. The van der Waals surface area contributed by atoms with Crippen LogP contribution in [0.2, 0.25) is 0 Å². The zero-order valence-corrected chi connectivity index (χ0v) is 16.0. The van der Waals surface area contributed by atoms with E-state index in [0.717, 1.165) is 43.2 Å². The summed E-state index contributed by atoms with van der Waals surface area (Å²) in [5.41, 5.74) is 0.941. The van der Waals surface area contributed by atoms with Gasteiger partial charge in [-0.25, -0.2) is 0 Å². The minimum absolute atomic E-state index is 0.00876. The van der Waals surface area contributed by atoms with Crippen molar-refractivity contribution in [1.29, 1.82) is 0 Å². The van der Waals surface area contributed by atoms with E-state index < -0.39 is 0 Å². The quantitative estimate of drug-likeness (QED) is 0.754. The Morgan fingerprint density at radius 1 is 1.19 bits per heavy atom. The number of carbonyl (C=O) groups excluding carboxylic acids is 1. The van der Waals surface area contributed by atoms with Crippen molar-refractivity contribution in [1.82, 2.24) is 10.2 Å². The van der Waals surface area contributed by atoms with Crippen LogP contribution in [0.3, 0.4) is 0 Å². The molecular formula is C22H32N2O2. The van der Waals surface area contributed by atoms with Crippen molar-refractivity contribution in [3.05, 3.63) is 35.9 Å². The van der Waals surface area contributed by atoms with E-state index in [0.29, 0.717) is 12.6 Å². The molecule has 0 aromatic heterocycles. The Bertz CT molecular complexity index is 600. The van der Waals surface area contributed by atoms with E-state index in [1.807, 2.05) is 37.3 Å². The summed E-state index contributed by atoms with van der Waals surface area (Å²) >= 11 is 0. The van der Waals surface area contributed by atoms with Gasteiger partial charge in [-0.1, -0.05) is 31.0 Å². The van der Waals surface area contributed by atoms with Gasteiger partial charge in [-0.2, -0.15) is 0 Å². The molecule has 4 heteroatoms. The van der Waals surface area contributed by atoms with Crippen molar-refractivity contribution < 1.29 is 9.53 Å². The van der Waals surface area contributed by atoms with E-state index in [1.54, 1.807) is 6.08 Å². The van der Waals surface area contributed by atoms with Gasteiger partial charge in [0.1, 0.15) is 5.75 Å². The average Bonchev–Trinajstić information content (AvgIpc) is 3.16. The van der Waals surface area contributed by atoms with Crippen LogP contribution in [0.4, 0.5) is 0 Å². The number of likely N-dealkylation sites (tertiary alicyclic amines) is 1. The molecule has 4 nitrogen and oxygen atoms in total. The van der Waals surface area contributed by atoms with Crippen LogP contribution >= 0.6 is 0 Å². The maximum Gasteiger partial charge on any atom is 0.244 e. The van der Waals surface area contributed by atoms with Crippen LogP contribution in [0.5, 0.6) is 5.75 Å². The third kappa shape index (κ3) is 5.60. The van der Waals surface area contributed by atoms with Gasteiger partial charge in [-0.15, -0.1) is 0 Å². The molecule has 142 valence electrons. The molecule has 3 rings (SSSR count). The maximum absolute atomic E-state index is 12.3. The van der Waals surface area contributed by atoms with Gasteiger partial charge in [0, 0.05) is 37.3 Å². The molecule has 1 aliphatic carbocycles. The van der Waals surface area contributed by atoms with E-state index in [9.17, 15) is 4.79 Å². The molecule has 1 amide bonds. The summed E-state index contributed by atoms with van der Waals surface area (Å²) in [6.07, 6.45) is 11.2. The molecule has 0 atom stereocenters. The summed E-state index contributed by atoms with van der Waals surface area (Å²) in [5.74, 6) is 1.72. The lowest BCUT2D eigenvalue weighted by Crippen LogP contribution is -2.45. The molecule has 0 spiro atoms. The molecule has 26 heavy (non-hydrogen) atoms. The van der Waals surface area contributed by atoms with Crippen LogP contribution < -0.4 is 10.1 Å². The number of hydrogen-bond acceptors (Lipinski definition) is 3. The highest BCUT2D eigenvalue weighted by Gasteiger charge is 2.23. The number of para-hydroxylation sites is 1. The van der Waals surface area contributed by atoms with Crippen LogP contribution in [0, 0.1) is 5.92 Å². The van der Waals surface area contributed by atoms with Crippen LogP contribution in [0.1, 0.15) is 51.0 Å². The summed E-state index contributed by atoms with van der Waals surface area (Å²) in [5, 5.41) is 3.16. The molecule has 0 unspecified atom stereocenters. The van der Waals surface area contributed by atoms with Crippen molar-refractivity contribution in [2.75, 3.05) is 26.2 Å². The molecule has 1 N–H and O–H groups in total. The fraction of sp³-hybridized carbons (Fsp3) is 0.591. The minimum Gasteiger partial charge on any atom is -0.493 e. The predicted octanol–water partition coefficient (Wildman–Crippen LogP) is 3.87. The number of piperidine rings is 1. The summed E-state index contributed by atoms with van der Waals surface area (Å²) in [4.78, 5) is 14.9. The minimum atomic E-state index is -0.00876. The van der Waals surface area contributed by atoms with Gasteiger partial charge in [0.05, 0.1) is 6.61 Å². The van der Waals surface area contributed by atoms with Gasteiger partial charge in [0.15, 0.2) is 0 Å². The van der Waals surface area contributed by atoms with Gasteiger partial charge >= 0.3 is 0 Å². The first-order valence-corrected chi connectivity index (χ1v) is 10.2. The molecule has 0 bridgehead atoms. The molecule has 2 aliphatic rings. The number of rotatable bonds is 7. The topological polar surface area (TPSA) is 41.6 Å². The molecule has 1 aromatic rings. The first kappa shape index (κ1) is 19.0. The Kier molecular flexibility index (Phi) is 7.13. The van der Waals surface area contributed by atoms with Crippen molar-refractivity contribution >= 4 is 12.0 Å². The Morgan fingerprint density at radius 3 is 2.65 bits per heavy atom. The number of carbonyl (C=O) groups is 1. The summed E-state index contributed by atoms with van der Waals surface area (Å²) < 4.78 is 5.60. The SMILES string of the molecule is CCOc1ccccc1/C=C/C(=O)NC1CCN(CC2CCCC2)CC1. The normalized spacial score (nSPS) is 19.9. The average molecular weight is 357 g/mol. The molecule has 1 saturated carbocycles. The molecule has 1 saturated heterocycles. The highest BCUT2D eigenvalue weighted by molar-refractivity contribution is 5.92. The molecule has 1 heterocycles. The van der Waals surface area contributed by atoms with Crippen LogP contribution in [0.15, 0.2) is 30.3 Å². The standard InChI is InChI=1S/C22H32N2O2/c1-2-26-21-10-6-5-9-19(21)11-12-22(25)23-20-13-15-24(16-14-20)17-18-7-3-4-8-18/h5-6,9-12,18,20H,2-4,7-8,13-17H2,1H3,(H,23,25)/b12-11+. The van der Waals surface area contributed by atoms with E-state index in [1.165, 1.54) is 32.2 Å². The lowest BCUT2D eigenvalue weighted by Gasteiger charge is -2.33. The second-order valence-electron chi connectivity index (χ2n) is 7.54. The zero-order chi connectivity index (χ0) is 18.2. The van der Waals surface area contributed by atoms with E-state index in [-0.39, 0.29) is 5.91 Å². The van der Waals surface area contributed by atoms with Crippen molar-refractivity contribution in [3.8, 4) is 5.75 Å². The molecule has 1 aromatic carbocycles. The number of amides is 1. The summed E-state index contributed by atoms with van der Waals surface area (Å²) in [6.45, 7) is 6.06. The van der Waals surface area contributed by atoms with Crippen molar-refractivity contribution in [3.63, 3.8) is 0 Å². The lowest BCUT2D eigenvalue weighted by molar-refractivity contribution is -0.117. The first-order valence-electron chi connectivity index (χ1n) is 10.2. The van der Waals surface area contributed by atoms with Crippen LogP contribution in [-0.2, 0) is 4.79 Å². The van der Waals surface area contributed by atoms with E-state index in [2.05, 4.69) is 10.2 Å². The van der Waals surface area contributed by atoms with E-state index in [4.69, 9.17) is 4.74 Å². The summed E-state index contributed by atoms with van der Waals surface area (Å²) in [7, 11) is 0. The molecule has 0 radical (unpaired) electrons. The predicted molar refractivity (Wildman–Crippen MR) is 106 cm³/mol. The van der Waals surface area contributed by atoms with Crippen LogP contribution in [-0.4, -0.2) is 43.1 Å². The second kappa shape index (κ2) is 9.77. The second-order valence-corrected chi connectivity index (χ2v) is 7.54. The number of nitrogens with zero attached hydrogens (tertiary/aromatic N) is 1. The molecule has 2 fully saturated rings. The number of hydrogen-bond donors (Lipinski definition) is 1. The van der Waals surface area contributed by atoms with Crippen molar-refractivity contribution in [2.24, 2.45) is 5.92 Å². The van der Waals surface area contributed by atoms with Crippen molar-refractivity contribution in [2.45, 2.75) is 51.5 Å². The number of benzene rings is 1. The summed E-state index contributed by atoms with van der Waals surface area (Å²) in [6, 6.07) is 8.11. The third-order valence-electron chi connectivity index (χ3n) is 5.56. The fourth-order valence-corrected chi connectivity index (χ4v) is 4.14. The van der Waals surface area contributed by atoms with Gasteiger partial charge in [0.2, 0.25) is 5.91 Å². The molecule has 1 aliphatic heterocycles. The van der Waals surface area contributed by atoms with Gasteiger partial charge in [-0.3, -0.25) is 4.79 Å². The van der Waals surface area contributed by atoms with Gasteiger partial charge in [-0.05, 0) is 50.7 Å². The third-order valence-corrected chi connectivity index (χ3v) is 5.56. The largest absolute Gasteiger partial charge is 0.493 e. The Labute approximate surface area is 157 Å². The van der Waals surface area contributed by atoms with E-state index >= 15 is 0 Å². The first-order chi connectivity index (χ1) is 12.7. The van der Waals surface area contributed by atoms with Crippen LogP contribution in [0.25, 0.3) is 6.08 Å². The highest BCUT2D eigenvalue weighted by Crippen LogP contribution is 2.26. The highest BCUT2D eigenvalue weighted by atomic mass is 16.5.